The number of anilines is 1. The molecule has 22 heavy (non-hydrogen) atoms. The van der Waals surface area contributed by atoms with E-state index in [1.165, 1.54) is 21.7 Å². The summed E-state index contributed by atoms with van der Waals surface area (Å²) in [6, 6.07) is 10.6. The van der Waals surface area contributed by atoms with Gasteiger partial charge in [0.25, 0.3) is 0 Å². The van der Waals surface area contributed by atoms with Gasteiger partial charge in [-0.1, -0.05) is 18.2 Å². The summed E-state index contributed by atoms with van der Waals surface area (Å²) in [4.78, 5) is 7.91. The van der Waals surface area contributed by atoms with E-state index in [0.717, 1.165) is 13.0 Å². The molecule has 2 aromatic rings. The lowest BCUT2D eigenvalue weighted by molar-refractivity contribution is 0.856. The minimum atomic E-state index is 0.502. The Morgan fingerprint density at radius 2 is 2.14 bits per heavy atom. The van der Waals surface area contributed by atoms with Crippen LogP contribution in [-0.4, -0.2) is 26.6 Å². The van der Waals surface area contributed by atoms with E-state index < -0.39 is 0 Å². The van der Waals surface area contributed by atoms with Crippen LogP contribution in [0.5, 0.6) is 0 Å². The molecular formula is C17H24N4S. The Hall–Kier alpha value is -2.01. The van der Waals surface area contributed by atoms with E-state index in [1.807, 2.05) is 14.1 Å². The highest BCUT2D eigenvalue weighted by Gasteiger charge is 2.04. The number of aryl methyl sites for hydroxylation is 1. The van der Waals surface area contributed by atoms with Gasteiger partial charge in [0.2, 0.25) is 0 Å². The molecule has 4 nitrogen and oxygen atoms in total. The van der Waals surface area contributed by atoms with Crippen LogP contribution in [0.25, 0.3) is 0 Å². The number of nitrogens with one attached hydrogen (secondary N) is 1. The highest BCUT2D eigenvalue weighted by atomic mass is 32.1. The van der Waals surface area contributed by atoms with E-state index >= 15 is 0 Å². The van der Waals surface area contributed by atoms with Crippen molar-refractivity contribution in [3.05, 3.63) is 51.7 Å². The van der Waals surface area contributed by atoms with Gasteiger partial charge in [0.05, 0.1) is 6.54 Å². The number of rotatable bonds is 6. The molecular weight excluding hydrogens is 292 g/mol. The first-order valence-electron chi connectivity index (χ1n) is 7.39. The predicted octanol–water partition coefficient (Wildman–Crippen LogP) is 2.77. The Bertz CT molecular complexity index is 618. The Morgan fingerprint density at radius 1 is 1.32 bits per heavy atom. The standard InChI is InChI=1S/C17H24N4S/c1-13-6-7-14(16(11-13)21(2)3)12-20-17(18)19-9-8-15-5-4-10-22-15/h4-7,10-11H,8-9,12H2,1-3H3,(H3,18,19,20). The Labute approximate surface area is 136 Å². The topological polar surface area (TPSA) is 53.6 Å². The lowest BCUT2D eigenvalue weighted by Crippen LogP contribution is -2.33. The summed E-state index contributed by atoms with van der Waals surface area (Å²) in [7, 11) is 4.09. The molecule has 0 aliphatic heterocycles. The van der Waals surface area contributed by atoms with Crippen molar-refractivity contribution in [1.29, 1.82) is 0 Å². The molecule has 0 spiro atoms. The molecule has 0 aliphatic rings. The fourth-order valence-electron chi connectivity index (χ4n) is 2.22. The van der Waals surface area contributed by atoms with Crippen LogP contribution in [0.4, 0.5) is 5.69 Å². The highest BCUT2D eigenvalue weighted by Crippen LogP contribution is 2.21. The van der Waals surface area contributed by atoms with Crippen molar-refractivity contribution >= 4 is 23.0 Å². The second-order valence-corrected chi connectivity index (χ2v) is 6.52. The average molecular weight is 316 g/mol. The summed E-state index contributed by atoms with van der Waals surface area (Å²) in [6.07, 6.45) is 0.974. The zero-order chi connectivity index (χ0) is 15.9. The summed E-state index contributed by atoms with van der Waals surface area (Å²) in [5, 5.41) is 5.26. The van der Waals surface area contributed by atoms with Crippen molar-refractivity contribution in [2.45, 2.75) is 19.9 Å². The summed E-state index contributed by atoms with van der Waals surface area (Å²) in [5.41, 5.74) is 9.56. The van der Waals surface area contributed by atoms with Crippen molar-refractivity contribution in [3.8, 4) is 0 Å². The average Bonchev–Trinajstić information content (AvgIpc) is 2.99. The maximum absolute atomic E-state index is 5.95. The van der Waals surface area contributed by atoms with Crippen molar-refractivity contribution in [3.63, 3.8) is 0 Å². The molecule has 0 bridgehead atoms. The maximum atomic E-state index is 5.95. The summed E-state index contributed by atoms with van der Waals surface area (Å²) >= 11 is 1.77. The monoisotopic (exact) mass is 316 g/mol. The van der Waals surface area contributed by atoms with Gasteiger partial charge in [0.15, 0.2) is 5.96 Å². The van der Waals surface area contributed by atoms with Crippen LogP contribution in [0, 0.1) is 6.92 Å². The van der Waals surface area contributed by atoms with Gasteiger partial charge in [-0.25, -0.2) is 4.99 Å². The van der Waals surface area contributed by atoms with Gasteiger partial charge >= 0.3 is 0 Å². The molecule has 5 heteroatoms. The van der Waals surface area contributed by atoms with E-state index in [1.54, 1.807) is 11.3 Å². The minimum Gasteiger partial charge on any atom is -0.377 e. The van der Waals surface area contributed by atoms with Gasteiger partial charge in [-0.15, -0.1) is 11.3 Å². The van der Waals surface area contributed by atoms with Crippen LogP contribution in [0.1, 0.15) is 16.0 Å². The van der Waals surface area contributed by atoms with Gasteiger partial charge in [-0.05, 0) is 42.0 Å². The number of aliphatic imine (C=N–C) groups is 1. The van der Waals surface area contributed by atoms with Crippen LogP contribution in [0.3, 0.4) is 0 Å². The zero-order valence-electron chi connectivity index (χ0n) is 13.5. The third-order valence-corrected chi connectivity index (χ3v) is 4.34. The van der Waals surface area contributed by atoms with Crippen LogP contribution >= 0.6 is 11.3 Å². The third-order valence-electron chi connectivity index (χ3n) is 3.40. The van der Waals surface area contributed by atoms with Crippen LogP contribution < -0.4 is 16.0 Å². The summed E-state index contributed by atoms with van der Waals surface area (Å²) in [5.74, 6) is 0.502. The smallest absolute Gasteiger partial charge is 0.188 e. The lowest BCUT2D eigenvalue weighted by atomic mass is 10.1. The van der Waals surface area contributed by atoms with E-state index in [0.29, 0.717) is 12.5 Å². The quantitative estimate of drug-likeness (QED) is 0.636. The van der Waals surface area contributed by atoms with Crippen LogP contribution in [0.15, 0.2) is 40.7 Å². The second-order valence-electron chi connectivity index (χ2n) is 5.48. The number of thiophene rings is 1. The Balaban J connectivity index is 1.90. The van der Waals surface area contributed by atoms with E-state index in [2.05, 4.69) is 57.8 Å². The van der Waals surface area contributed by atoms with Crippen molar-refractivity contribution in [1.82, 2.24) is 5.32 Å². The molecule has 0 saturated heterocycles. The number of benzene rings is 1. The fraction of sp³-hybridized carbons (Fsp3) is 0.353. The lowest BCUT2D eigenvalue weighted by Gasteiger charge is -2.17. The van der Waals surface area contributed by atoms with Crippen molar-refractivity contribution < 1.29 is 0 Å². The first-order valence-corrected chi connectivity index (χ1v) is 8.27. The van der Waals surface area contributed by atoms with Gasteiger partial charge in [-0.3, -0.25) is 0 Å². The molecule has 0 aliphatic carbocycles. The molecule has 0 radical (unpaired) electrons. The molecule has 0 fully saturated rings. The largest absolute Gasteiger partial charge is 0.377 e. The van der Waals surface area contributed by atoms with E-state index in [-0.39, 0.29) is 0 Å². The minimum absolute atomic E-state index is 0.502. The number of nitrogens with two attached hydrogens (primary N) is 1. The molecule has 1 aromatic heterocycles. The van der Waals surface area contributed by atoms with E-state index in [9.17, 15) is 0 Å². The normalized spacial score (nSPS) is 11.5. The van der Waals surface area contributed by atoms with Crippen molar-refractivity contribution in [2.24, 2.45) is 10.7 Å². The van der Waals surface area contributed by atoms with Crippen LogP contribution in [-0.2, 0) is 13.0 Å². The molecule has 1 aromatic carbocycles. The first kappa shape index (κ1) is 16.4. The summed E-state index contributed by atoms with van der Waals surface area (Å²) < 4.78 is 0. The molecule has 0 atom stereocenters. The maximum Gasteiger partial charge on any atom is 0.188 e. The zero-order valence-corrected chi connectivity index (χ0v) is 14.3. The molecule has 2 rings (SSSR count). The van der Waals surface area contributed by atoms with E-state index in [4.69, 9.17) is 5.73 Å². The first-order chi connectivity index (χ1) is 10.6. The van der Waals surface area contributed by atoms with Gasteiger partial charge < -0.3 is 16.0 Å². The van der Waals surface area contributed by atoms with Gasteiger partial charge in [0.1, 0.15) is 0 Å². The molecule has 3 N–H and O–H groups in total. The molecule has 0 unspecified atom stereocenters. The highest BCUT2D eigenvalue weighted by molar-refractivity contribution is 7.09. The number of hydrogen-bond acceptors (Lipinski definition) is 3. The van der Waals surface area contributed by atoms with Gasteiger partial charge in [0, 0.05) is 31.2 Å². The molecule has 0 amide bonds. The third kappa shape index (κ3) is 4.77. The predicted molar refractivity (Wildman–Crippen MR) is 96.9 cm³/mol. The number of nitrogens with zero attached hydrogens (tertiary/aromatic N) is 2. The number of hydrogen-bond donors (Lipinski definition) is 2. The van der Waals surface area contributed by atoms with Crippen molar-refractivity contribution in [2.75, 3.05) is 25.5 Å². The van der Waals surface area contributed by atoms with Crippen LogP contribution in [0.2, 0.25) is 0 Å². The molecule has 0 saturated carbocycles. The number of guanidine groups is 1. The Morgan fingerprint density at radius 3 is 2.82 bits per heavy atom. The second kappa shape index (κ2) is 7.84. The Kier molecular flexibility index (Phi) is 5.83. The molecule has 1 heterocycles. The fourth-order valence-corrected chi connectivity index (χ4v) is 2.93. The van der Waals surface area contributed by atoms with Gasteiger partial charge in [-0.2, -0.15) is 0 Å². The SMILES string of the molecule is Cc1ccc(CN=C(N)NCCc2cccs2)c(N(C)C)c1. The summed E-state index contributed by atoms with van der Waals surface area (Å²) in [6.45, 7) is 3.50. The molecule has 118 valence electrons.